The number of H-pyrrole nitrogens is 1. The largest absolute Gasteiger partial charge is 0.370 e. The molecule has 86 valence electrons. The number of aromatic nitrogens is 4. The van der Waals surface area contributed by atoms with E-state index in [1.807, 2.05) is 12.4 Å². The molecule has 1 N–H and O–H groups in total. The summed E-state index contributed by atoms with van der Waals surface area (Å²) < 4.78 is 0. The number of anilines is 1. The van der Waals surface area contributed by atoms with Crippen LogP contribution in [0.4, 0.5) is 5.69 Å². The molecule has 0 aromatic carbocycles. The van der Waals surface area contributed by atoms with Gasteiger partial charge in [-0.1, -0.05) is 0 Å². The third-order valence-corrected chi connectivity index (χ3v) is 3.76. The van der Waals surface area contributed by atoms with Crippen LogP contribution in [0.2, 0.25) is 0 Å². The van der Waals surface area contributed by atoms with Crippen molar-refractivity contribution in [2.45, 2.75) is 6.42 Å². The van der Waals surface area contributed by atoms with Gasteiger partial charge in [-0.25, -0.2) is 4.98 Å². The molecule has 3 heterocycles. The summed E-state index contributed by atoms with van der Waals surface area (Å²) in [5, 5.41) is 6.74. The molecule has 0 amide bonds. The smallest absolute Gasteiger partial charge is 0.157 e. The first-order valence-corrected chi connectivity index (χ1v) is 5.96. The first kappa shape index (κ1) is 9.15. The topological polar surface area (TPSA) is 57.7 Å². The normalized spacial score (nSPS) is 26.0. The molecule has 1 saturated carbocycles. The molecule has 2 fully saturated rings. The fourth-order valence-electron chi connectivity index (χ4n) is 2.68. The summed E-state index contributed by atoms with van der Waals surface area (Å²) in [7, 11) is 0. The van der Waals surface area contributed by atoms with Crippen molar-refractivity contribution in [1.82, 2.24) is 20.2 Å². The molecule has 2 unspecified atom stereocenters. The number of piperidine rings is 1. The maximum atomic E-state index is 4.30. The summed E-state index contributed by atoms with van der Waals surface area (Å²) in [5.74, 6) is 2.65. The average molecular weight is 227 g/mol. The molecule has 0 spiro atoms. The van der Waals surface area contributed by atoms with Crippen molar-refractivity contribution in [1.29, 1.82) is 0 Å². The SMILES string of the molecule is c1n[nH]c(-c2cncc(N3CC4CC4C3)c2)n1. The summed E-state index contributed by atoms with van der Waals surface area (Å²) in [5.41, 5.74) is 2.20. The molecule has 0 bridgehead atoms. The highest BCUT2D eigenvalue weighted by Gasteiger charge is 2.45. The minimum absolute atomic E-state index is 0.781. The lowest BCUT2D eigenvalue weighted by Crippen LogP contribution is -2.21. The van der Waals surface area contributed by atoms with E-state index in [0.717, 1.165) is 23.2 Å². The molecule has 1 aliphatic heterocycles. The lowest BCUT2D eigenvalue weighted by Gasteiger charge is -2.19. The van der Waals surface area contributed by atoms with E-state index in [-0.39, 0.29) is 0 Å². The van der Waals surface area contributed by atoms with Gasteiger partial charge in [0.25, 0.3) is 0 Å². The maximum absolute atomic E-state index is 4.30. The van der Waals surface area contributed by atoms with Gasteiger partial charge in [0, 0.05) is 24.8 Å². The Labute approximate surface area is 98.9 Å². The fourth-order valence-corrected chi connectivity index (χ4v) is 2.68. The molecule has 0 radical (unpaired) electrons. The Morgan fingerprint density at radius 3 is 2.88 bits per heavy atom. The van der Waals surface area contributed by atoms with E-state index in [9.17, 15) is 0 Å². The second kappa shape index (κ2) is 3.29. The van der Waals surface area contributed by atoms with Gasteiger partial charge in [-0.15, -0.1) is 0 Å². The number of fused-ring (bicyclic) bond motifs is 1. The third kappa shape index (κ3) is 1.50. The fraction of sp³-hybridized carbons (Fsp3) is 0.417. The maximum Gasteiger partial charge on any atom is 0.157 e. The summed E-state index contributed by atoms with van der Waals surface area (Å²) in [6, 6.07) is 2.14. The second-order valence-corrected chi connectivity index (χ2v) is 4.93. The van der Waals surface area contributed by atoms with Crippen molar-refractivity contribution in [2.75, 3.05) is 18.0 Å². The van der Waals surface area contributed by atoms with Gasteiger partial charge in [0.2, 0.25) is 0 Å². The van der Waals surface area contributed by atoms with Crippen LogP contribution in [0.5, 0.6) is 0 Å². The first-order chi connectivity index (χ1) is 8.40. The van der Waals surface area contributed by atoms with Crippen LogP contribution in [-0.4, -0.2) is 33.3 Å². The van der Waals surface area contributed by atoms with Crippen molar-refractivity contribution in [3.05, 3.63) is 24.8 Å². The molecule has 1 aliphatic carbocycles. The zero-order valence-electron chi connectivity index (χ0n) is 9.37. The third-order valence-electron chi connectivity index (χ3n) is 3.76. The zero-order valence-corrected chi connectivity index (χ0v) is 9.37. The minimum atomic E-state index is 0.781. The van der Waals surface area contributed by atoms with Crippen LogP contribution in [0.3, 0.4) is 0 Å². The van der Waals surface area contributed by atoms with Crippen LogP contribution < -0.4 is 4.90 Å². The van der Waals surface area contributed by atoms with Crippen LogP contribution in [0, 0.1) is 11.8 Å². The summed E-state index contributed by atoms with van der Waals surface area (Å²) in [6.07, 6.45) is 6.70. The van der Waals surface area contributed by atoms with Crippen molar-refractivity contribution < 1.29 is 0 Å². The monoisotopic (exact) mass is 227 g/mol. The van der Waals surface area contributed by atoms with Crippen molar-refractivity contribution in [3.63, 3.8) is 0 Å². The molecule has 2 atom stereocenters. The van der Waals surface area contributed by atoms with Crippen LogP contribution >= 0.6 is 0 Å². The van der Waals surface area contributed by atoms with Crippen LogP contribution in [0.15, 0.2) is 24.8 Å². The lowest BCUT2D eigenvalue weighted by molar-refractivity contribution is 0.817. The number of rotatable bonds is 2. The van der Waals surface area contributed by atoms with Crippen LogP contribution in [0.25, 0.3) is 11.4 Å². The molecule has 2 aromatic rings. The van der Waals surface area contributed by atoms with Gasteiger partial charge in [-0.3, -0.25) is 10.1 Å². The Kier molecular flexibility index (Phi) is 1.77. The average Bonchev–Trinajstić information content (AvgIpc) is 2.86. The Hall–Kier alpha value is -1.91. The lowest BCUT2D eigenvalue weighted by atomic mass is 10.2. The van der Waals surface area contributed by atoms with Gasteiger partial charge in [-0.2, -0.15) is 5.10 Å². The van der Waals surface area contributed by atoms with Crippen molar-refractivity contribution in [3.8, 4) is 11.4 Å². The Balaban J connectivity index is 1.66. The van der Waals surface area contributed by atoms with Gasteiger partial charge < -0.3 is 4.90 Å². The van der Waals surface area contributed by atoms with E-state index in [0.29, 0.717) is 0 Å². The van der Waals surface area contributed by atoms with Gasteiger partial charge in [0.1, 0.15) is 6.33 Å². The van der Waals surface area contributed by atoms with E-state index < -0.39 is 0 Å². The van der Waals surface area contributed by atoms with Crippen LogP contribution in [-0.2, 0) is 0 Å². The van der Waals surface area contributed by atoms with Gasteiger partial charge in [0.05, 0.1) is 11.9 Å². The summed E-state index contributed by atoms with van der Waals surface area (Å²) in [4.78, 5) is 10.9. The van der Waals surface area contributed by atoms with Gasteiger partial charge in [-0.05, 0) is 24.3 Å². The van der Waals surface area contributed by atoms with E-state index in [1.54, 1.807) is 0 Å². The predicted octanol–water partition coefficient (Wildman–Crippen LogP) is 1.32. The van der Waals surface area contributed by atoms with E-state index in [2.05, 4.69) is 31.1 Å². The molecule has 5 heteroatoms. The quantitative estimate of drug-likeness (QED) is 0.840. The van der Waals surface area contributed by atoms with Crippen molar-refractivity contribution >= 4 is 5.69 Å². The number of nitrogens with zero attached hydrogens (tertiary/aromatic N) is 4. The Bertz CT molecular complexity index is 526. The zero-order chi connectivity index (χ0) is 11.2. The predicted molar refractivity (Wildman–Crippen MR) is 63.4 cm³/mol. The number of aromatic amines is 1. The Morgan fingerprint density at radius 1 is 1.24 bits per heavy atom. The van der Waals surface area contributed by atoms with Crippen molar-refractivity contribution in [2.24, 2.45) is 11.8 Å². The summed E-state index contributed by atoms with van der Waals surface area (Å²) >= 11 is 0. The standard InChI is InChI=1S/C12H13N5/c1-9-5-17(6-10(1)9)11-2-8(3-13-4-11)12-14-7-15-16-12/h2-4,7,9-10H,1,5-6H2,(H,14,15,16). The van der Waals surface area contributed by atoms with E-state index in [4.69, 9.17) is 0 Å². The number of hydrogen-bond donors (Lipinski definition) is 1. The first-order valence-electron chi connectivity index (χ1n) is 5.96. The van der Waals surface area contributed by atoms with Crippen LogP contribution in [0.1, 0.15) is 6.42 Å². The minimum Gasteiger partial charge on any atom is -0.370 e. The highest BCUT2D eigenvalue weighted by atomic mass is 15.2. The number of hydrogen-bond acceptors (Lipinski definition) is 4. The molecule has 2 aliphatic rings. The highest BCUT2D eigenvalue weighted by Crippen LogP contribution is 2.46. The second-order valence-electron chi connectivity index (χ2n) is 4.93. The molecule has 1 saturated heterocycles. The molecule has 17 heavy (non-hydrogen) atoms. The molecular weight excluding hydrogens is 214 g/mol. The van der Waals surface area contributed by atoms with E-state index in [1.165, 1.54) is 31.5 Å². The summed E-state index contributed by atoms with van der Waals surface area (Å²) in [6.45, 7) is 2.37. The highest BCUT2D eigenvalue weighted by molar-refractivity contribution is 5.61. The van der Waals surface area contributed by atoms with Gasteiger partial charge in [0.15, 0.2) is 5.82 Å². The van der Waals surface area contributed by atoms with Gasteiger partial charge >= 0.3 is 0 Å². The van der Waals surface area contributed by atoms with E-state index >= 15 is 0 Å². The molecule has 2 aromatic heterocycles. The number of nitrogens with one attached hydrogen (secondary N) is 1. The molecular formula is C12H13N5. The number of pyridine rings is 1. The Morgan fingerprint density at radius 2 is 2.12 bits per heavy atom. The molecule has 4 rings (SSSR count). The molecule has 5 nitrogen and oxygen atoms in total.